The molecule has 1 spiro atoms. The van der Waals surface area contributed by atoms with Gasteiger partial charge in [0.05, 0.1) is 34.4 Å². The minimum Gasteiger partial charge on any atom is -0.460 e. The molecule has 4 heterocycles. The van der Waals surface area contributed by atoms with E-state index in [1.807, 2.05) is 26.8 Å². The number of carbonyl (C=O) groups is 1. The Hall–Kier alpha value is -3.02. The van der Waals surface area contributed by atoms with Crippen LogP contribution in [0.25, 0.3) is 22.3 Å². The summed E-state index contributed by atoms with van der Waals surface area (Å²) in [5.41, 5.74) is 6.88. The summed E-state index contributed by atoms with van der Waals surface area (Å²) in [6.07, 6.45) is 4.71. The lowest BCUT2D eigenvalue weighted by Gasteiger charge is -2.33. The Bertz CT molecular complexity index is 1510. The minimum atomic E-state index is -0.857. The van der Waals surface area contributed by atoms with E-state index < -0.39 is 5.41 Å². The first-order valence-corrected chi connectivity index (χ1v) is 11.9. The molecule has 5 nitrogen and oxygen atoms in total. The predicted molar refractivity (Wildman–Crippen MR) is 122 cm³/mol. The van der Waals surface area contributed by atoms with Gasteiger partial charge in [0, 0.05) is 17.0 Å². The van der Waals surface area contributed by atoms with E-state index in [1.54, 1.807) is 10.6 Å². The summed E-state index contributed by atoms with van der Waals surface area (Å²) in [6, 6.07) is 3.54. The number of esters is 1. The molecule has 2 aromatic heterocycles. The van der Waals surface area contributed by atoms with E-state index in [1.165, 1.54) is 5.56 Å². The van der Waals surface area contributed by atoms with Gasteiger partial charge in [0.1, 0.15) is 12.4 Å². The first-order valence-electron chi connectivity index (χ1n) is 11.9. The van der Waals surface area contributed by atoms with Gasteiger partial charge >= 0.3 is 5.97 Å². The van der Waals surface area contributed by atoms with Gasteiger partial charge in [0.15, 0.2) is 0 Å². The molecule has 168 valence electrons. The summed E-state index contributed by atoms with van der Waals surface area (Å²) in [5.74, 6) is -0.509. The molecule has 0 amide bonds. The van der Waals surface area contributed by atoms with Crippen molar-refractivity contribution in [2.75, 3.05) is 0 Å². The van der Waals surface area contributed by atoms with Gasteiger partial charge in [-0.3, -0.25) is 9.59 Å². The van der Waals surface area contributed by atoms with E-state index in [0.717, 1.165) is 64.7 Å². The highest BCUT2D eigenvalue weighted by molar-refractivity contribution is 5.94. The maximum atomic E-state index is 14.8. The third-order valence-corrected chi connectivity index (χ3v) is 9.00. The molecule has 0 saturated heterocycles. The number of cyclic esters (lactones) is 1. The first kappa shape index (κ1) is 19.4. The molecule has 0 N–H and O–H groups in total. The Morgan fingerprint density at radius 2 is 1.94 bits per heavy atom. The third-order valence-electron chi connectivity index (χ3n) is 9.00. The zero-order valence-electron chi connectivity index (χ0n) is 19.1. The van der Waals surface area contributed by atoms with E-state index in [9.17, 15) is 14.0 Å². The Morgan fingerprint density at radius 1 is 1.15 bits per heavy atom. The van der Waals surface area contributed by atoms with Gasteiger partial charge in [-0.2, -0.15) is 0 Å². The highest BCUT2D eigenvalue weighted by Crippen LogP contribution is 2.59. The zero-order chi connectivity index (χ0) is 22.9. The molecular weight excluding hydrogens is 419 g/mol. The average molecular weight is 445 g/mol. The number of ether oxygens (including phenoxy) is 1. The van der Waals surface area contributed by atoms with Crippen LogP contribution in [0.15, 0.2) is 16.9 Å². The number of benzene rings is 1. The van der Waals surface area contributed by atoms with Gasteiger partial charge in [0.25, 0.3) is 5.56 Å². The molecule has 2 aliphatic heterocycles. The highest BCUT2D eigenvalue weighted by atomic mass is 19.1. The van der Waals surface area contributed by atoms with Gasteiger partial charge < -0.3 is 9.30 Å². The van der Waals surface area contributed by atoms with Crippen molar-refractivity contribution in [1.29, 1.82) is 0 Å². The van der Waals surface area contributed by atoms with Crippen molar-refractivity contribution in [2.45, 2.75) is 76.9 Å². The quantitative estimate of drug-likeness (QED) is 0.404. The van der Waals surface area contributed by atoms with Crippen molar-refractivity contribution in [3.8, 4) is 11.4 Å². The number of halogens is 1. The van der Waals surface area contributed by atoms with Crippen molar-refractivity contribution >= 4 is 16.9 Å². The van der Waals surface area contributed by atoms with Crippen molar-refractivity contribution < 1.29 is 13.9 Å². The Balaban J connectivity index is 1.58. The lowest BCUT2D eigenvalue weighted by atomic mass is 9.75. The van der Waals surface area contributed by atoms with Crippen LogP contribution in [-0.4, -0.2) is 15.5 Å². The number of carbonyl (C=O) groups excluding carboxylic acids is 1. The van der Waals surface area contributed by atoms with Crippen LogP contribution >= 0.6 is 0 Å². The van der Waals surface area contributed by atoms with Gasteiger partial charge in [-0.15, -0.1) is 0 Å². The number of hydrogen-bond donors (Lipinski definition) is 0. The van der Waals surface area contributed by atoms with Gasteiger partial charge in [-0.1, -0.05) is 6.92 Å². The molecular formula is C27H25FN2O3. The van der Waals surface area contributed by atoms with Crippen molar-refractivity contribution in [3.63, 3.8) is 0 Å². The molecule has 0 radical (unpaired) electrons. The second-order valence-electron chi connectivity index (χ2n) is 10.5. The average Bonchev–Trinajstić information content (AvgIpc) is 3.48. The molecule has 1 atom stereocenters. The second kappa shape index (κ2) is 5.91. The topological polar surface area (TPSA) is 61.2 Å². The van der Waals surface area contributed by atoms with Crippen LogP contribution in [0.3, 0.4) is 0 Å². The van der Waals surface area contributed by atoms with Crippen LogP contribution < -0.4 is 5.56 Å². The molecule has 0 bridgehead atoms. The van der Waals surface area contributed by atoms with E-state index in [4.69, 9.17) is 9.72 Å². The lowest BCUT2D eigenvalue weighted by molar-refractivity contribution is -0.153. The predicted octanol–water partition coefficient (Wildman–Crippen LogP) is 4.58. The largest absolute Gasteiger partial charge is 0.460 e. The maximum Gasteiger partial charge on any atom is 0.316 e. The van der Waals surface area contributed by atoms with Crippen LogP contribution in [0.2, 0.25) is 0 Å². The number of aryl methyl sites for hydroxylation is 1. The second-order valence-corrected chi connectivity index (χ2v) is 10.5. The third kappa shape index (κ3) is 2.20. The number of fused-ring (bicyclic) bond motifs is 6. The number of hydrogen-bond acceptors (Lipinski definition) is 4. The molecule has 2 aliphatic carbocycles. The Labute approximate surface area is 190 Å². The molecule has 4 aliphatic rings. The SMILES string of the molecule is CCC1(C)C(=O)OCc2c1cc1n(c2=O)Cc2c-1nc1cc(F)c(C)c3c1c2C1(CC3)CC1. The summed E-state index contributed by atoms with van der Waals surface area (Å²) >= 11 is 0. The van der Waals surface area contributed by atoms with Crippen LogP contribution in [0.5, 0.6) is 0 Å². The van der Waals surface area contributed by atoms with Crippen LogP contribution in [0, 0.1) is 12.7 Å². The molecule has 1 saturated carbocycles. The van der Waals surface area contributed by atoms with Crippen molar-refractivity contribution in [1.82, 2.24) is 9.55 Å². The lowest BCUT2D eigenvalue weighted by Crippen LogP contribution is -2.42. The van der Waals surface area contributed by atoms with Gasteiger partial charge in [-0.05, 0) is 79.7 Å². The molecule has 33 heavy (non-hydrogen) atoms. The summed E-state index contributed by atoms with van der Waals surface area (Å²) < 4.78 is 22.0. The fourth-order valence-corrected chi connectivity index (χ4v) is 6.59. The normalized spacial score (nSPS) is 23.3. The van der Waals surface area contributed by atoms with Gasteiger partial charge in [0.2, 0.25) is 0 Å². The summed E-state index contributed by atoms with van der Waals surface area (Å²) in [5, 5.41) is 1.11. The zero-order valence-corrected chi connectivity index (χ0v) is 19.1. The number of rotatable bonds is 1. The fraction of sp³-hybridized carbons (Fsp3) is 0.444. The molecule has 1 unspecified atom stereocenters. The fourth-order valence-electron chi connectivity index (χ4n) is 6.59. The van der Waals surface area contributed by atoms with E-state index in [0.29, 0.717) is 24.0 Å². The Kier molecular flexibility index (Phi) is 3.48. The standard InChI is InChI=1S/C27H25FN2O3/c1-4-26(3)17-9-20-23-15(11-30(20)24(31)16(17)12-33-25(26)32)22-21-14(5-6-27(22)7-8-27)13(2)18(28)10-19(21)29-23/h9-10H,4-8,11-12H2,1-3H3. The van der Waals surface area contributed by atoms with Crippen molar-refractivity contribution in [2.24, 2.45) is 0 Å². The van der Waals surface area contributed by atoms with E-state index in [-0.39, 0.29) is 29.4 Å². The molecule has 3 aromatic rings. The number of pyridine rings is 2. The summed E-state index contributed by atoms with van der Waals surface area (Å²) in [4.78, 5) is 31.3. The molecule has 7 rings (SSSR count). The molecule has 6 heteroatoms. The summed E-state index contributed by atoms with van der Waals surface area (Å²) in [6.45, 7) is 6.14. The highest BCUT2D eigenvalue weighted by Gasteiger charge is 2.50. The monoisotopic (exact) mass is 444 g/mol. The Morgan fingerprint density at radius 3 is 2.67 bits per heavy atom. The maximum absolute atomic E-state index is 14.8. The number of aromatic nitrogens is 2. The van der Waals surface area contributed by atoms with Crippen LogP contribution in [0.4, 0.5) is 4.39 Å². The van der Waals surface area contributed by atoms with Crippen LogP contribution in [-0.2, 0) is 39.9 Å². The van der Waals surface area contributed by atoms with Crippen molar-refractivity contribution in [3.05, 3.63) is 61.7 Å². The van der Waals surface area contributed by atoms with Gasteiger partial charge in [-0.25, -0.2) is 9.37 Å². The van der Waals surface area contributed by atoms with E-state index in [2.05, 4.69) is 0 Å². The number of nitrogens with zero attached hydrogens (tertiary/aromatic N) is 2. The minimum absolute atomic E-state index is 0.0139. The molecule has 1 fully saturated rings. The summed E-state index contributed by atoms with van der Waals surface area (Å²) in [7, 11) is 0. The van der Waals surface area contributed by atoms with E-state index >= 15 is 0 Å². The molecule has 1 aromatic carbocycles. The van der Waals surface area contributed by atoms with Crippen LogP contribution in [0.1, 0.15) is 72.9 Å². The smallest absolute Gasteiger partial charge is 0.316 e. The first-order chi connectivity index (χ1) is 15.8.